The molecule has 7 heteroatoms. The average Bonchev–Trinajstić information content (AvgIpc) is 3.11. The Morgan fingerprint density at radius 3 is 2.36 bits per heavy atom. The fourth-order valence-electron chi connectivity index (χ4n) is 2.86. The molecule has 0 aromatic heterocycles. The third-order valence-corrected chi connectivity index (χ3v) is 6.23. The maximum absolute atomic E-state index is 12.6. The van der Waals surface area contributed by atoms with Gasteiger partial charge in [-0.1, -0.05) is 22.0 Å². The van der Waals surface area contributed by atoms with Crippen molar-refractivity contribution in [1.29, 1.82) is 0 Å². The van der Waals surface area contributed by atoms with Gasteiger partial charge < -0.3 is 4.90 Å². The number of amides is 1. The molecule has 0 aliphatic carbocycles. The van der Waals surface area contributed by atoms with E-state index in [0.29, 0.717) is 21.3 Å². The Bertz CT molecular complexity index is 889. The summed E-state index contributed by atoms with van der Waals surface area (Å²) in [6.07, 6.45) is 2.07. The van der Waals surface area contributed by atoms with E-state index in [0.717, 1.165) is 25.9 Å². The van der Waals surface area contributed by atoms with E-state index < -0.39 is 10.0 Å². The Balaban J connectivity index is 1.78. The first kappa shape index (κ1) is 17.9. The number of hydrogen-bond donors (Lipinski definition) is 1. The molecule has 1 aliphatic heterocycles. The molecule has 1 N–H and O–H groups in total. The van der Waals surface area contributed by atoms with E-state index in [2.05, 4.69) is 20.7 Å². The molecule has 1 amide bonds. The van der Waals surface area contributed by atoms with Crippen molar-refractivity contribution < 1.29 is 13.2 Å². The lowest BCUT2D eigenvalue weighted by atomic mass is 10.2. The Morgan fingerprint density at radius 1 is 1.08 bits per heavy atom. The molecule has 132 valence electrons. The smallest absolute Gasteiger partial charge is 0.262 e. The SMILES string of the molecule is Cc1ccc(Br)cc1S(=O)(=O)Nc1ccc(C(=O)N2CCCC2)cc1. The number of anilines is 1. The fourth-order valence-corrected chi connectivity index (χ4v) is 4.70. The molecule has 0 bridgehead atoms. The van der Waals surface area contributed by atoms with Crippen LogP contribution >= 0.6 is 15.9 Å². The van der Waals surface area contributed by atoms with Gasteiger partial charge in [0.2, 0.25) is 0 Å². The number of likely N-dealkylation sites (tertiary alicyclic amines) is 1. The number of benzene rings is 2. The zero-order valence-corrected chi connectivity index (χ0v) is 16.2. The van der Waals surface area contributed by atoms with Crippen LogP contribution in [0.3, 0.4) is 0 Å². The van der Waals surface area contributed by atoms with Crippen molar-refractivity contribution in [3.63, 3.8) is 0 Å². The molecule has 1 fully saturated rings. The van der Waals surface area contributed by atoms with Gasteiger partial charge in [-0.3, -0.25) is 9.52 Å². The van der Waals surface area contributed by atoms with Crippen molar-refractivity contribution in [3.8, 4) is 0 Å². The van der Waals surface area contributed by atoms with Crippen LogP contribution in [0, 0.1) is 6.92 Å². The quantitative estimate of drug-likeness (QED) is 0.814. The van der Waals surface area contributed by atoms with Crippen molar-refractivity contribution >= 4 is 37.5 Å². The van der Waals surface area contributed by atoms with Crippen molar-refractivity contribution in [2.45, 2.75) is 24.7 Å². The highest BCUT2D eigenvalue weighted by Crippen LogP contribution is 2.23. The van der Waals surface area contributed by atoms with Crippen LogP contribution in [0.15, 0.2) is 51.8 Å². The summed E-state index contributed by atoms with van der Waals surface area (Å²) in [6.45, 7) is 3.32. The van der Waals surface area contributed by atoms with Crippen molar-refractivity contribution in [1.82, 2.24) is 4.90 Å². The van der Waals surface area contributed by atoms with Crippen molar-refractivity contribution in [2.75, 3.05) is 17.8 Å². The van der Waals surface area contributed by atoms with Gasteiger partial charge in [0.05, 0.1) is 4.90 Å². The summed E-state index contributed by atoms with van der Waals surface area (Å²) in [5, 5.41) is 0. The molecular formula is C18H19BrN2O3S. The number of sulfonamides is 1. The molecule has 2 aromatic rings. The van der Waals surface area contributed by atoms with Crippen LogP contribution in [-0.2, 0) is 10.0 Å². The average molecular weight is 423 g/mol. The molecule has 0 unspecified atom stereocenters. The number of nitrogens with zero attached hydrogens (tertiary/aromatic N) is 1. The van der Waals surface area contributed by atoms with Gasteiger partial charge >= 0.3 is 0 Å². The largest absolute Gasteiger partial charge is 0.339 e. The maximum atomic E-state index is 12.6. The molecule has 25 heavy (non-hydrogen) atoms. The summed E-state index contributed by atoms with van der Waals surface area (Å²) in [6, 6.07) is 11.7. The molecule has 2 aromatic carbocycles. The molecule has 1 aliphatic rings. The summed E-state index contributed by atoms with van der Waals surface area (Å²) in [5.74, 6) is -0.00487. The van der Waals surface area contributed by atoms with Gasteiger partial charge in [0.15, 0.2) is 0 Å². The Labute approximate surface area is 156 Å². The second-order valence-electron chi connectivity index (χ2n) is 6.09. The Morgan fingerprint density at radius 2 is 1.72 bits per heavy atom. The molecular weight excluding hydrogens is 404 g/mol. The molecule has 0 radical (unpaired) electrons. The van der Waals surface area contributed by atoms with Crippen LogP contribution in [0.4, 0.5) is 5.69 Å². The monoisotopic (exact) mass is 422 g/mol. The number of hydrogen-bond acceptors (Lipinski definition) is 3. The van der Waals surface area contributed by atoms with Crippen LogP contribution in [-0.4, -0.2) is 32.3 Å². The van der Waals surface area contributed by atoms with E-state index in [1.165, 1.54) is 0 Å². The number of rotatable bonds is 4. The molecule has 3 rings (SSSR count). The fraction of sp³-hybridized carbons (Fsp3) is 0.278. The minimum absolute atomic E-state index is 0.00487. The third-order valence-electron chi connectivity index (χ3n) is 4.22. The second kappa shape index (κ2) is 7.17. The van der Waals surface area contributed by atoms with E-state index in [1.807, 2.05) is 4.90 Å². The molecule has 1 heterocycles. The van der Waals surface area contributed by atoms with Gasteiger partial charge in [-0.15, -0.1) is 0 Å². The first-order valence-corrected chi connectivity index (χ1v) is 10.3. The third kappa shape index (κ3) is 4.04. The van der Waals surface area contributed by atoms with Crippen LogP contribution < -0.4 is 4.72 Å². The van der Waals surface area contributed by atoms with Gasteiger partial charge in [0.25, 0.3) is 15.9 Å². The van der Waals surface area contributed by atoms with E-state index in [-0.39, 0.29) is 10.8 Å². The summed E-state index contributed by atoms with van der Waals surface area (Å²) in [4.78, 5) is 14.4. The van der Waals surface area contributed by atoms with Crippen LogP contribution in [0.5, 0.6) is 0 Å². The van der Waals surface area contributed by atoms with Gasteiger partial charge in [-0.05, 0) is 61.7 Å². The number of halogens is 1. The summed E-state index contributed by atoms with van der Waals surface area (Å²) < 4.78 is 28.5. The van der Waals surface area contributed by atoms with Gasteiger partial charge in [0.1, 0.15) is 0 Å². The number of carbonyl (C=O) groups is 1. The highest BCUT2D eigenvalue weighted by Gasteiger charge is 2.20. The molecule has 0 atom stereocenters. The first-order chi connectivity index (χ1) is 11.9. The Hall–Kier alpha value is -1.86. The summed E-state index contributed by atoms with van der Waals surface area (Å²) in [5.41, 5.74) is 1.66. The number of nitrogens with one attached hydrogen (secondary N) is 1. The zero-order chi connectivity index (χ0) is 18.0. The van der Waals surface area contributed by atoms with E-state index in [9.17, 15) is 13.2 Å². The predicted molar refractivity (Wildman–Crippen MR) is 101 cm³/mol. The zero-order valence-electron chi connectivity index (χ0n) is 13.8. The minimum Gasteiger partial charge on any atom is -0.339 e. The molecule has 5 nitrogen and oxygen atoms in total. The lowest BCUT2D eigenvalue weighted by Gasteiger charge is -2.15. The number of carbonyl (C=O) groups excluding carboxylic acids is 1. The molecule has 1 saturated heterocycles. The molecule has 0 spiro atoms. The normalized spacial score (nSPS) is 14.6. The van der Waals surface area contributed by atoms with Gasteiger partial charge in [-0.2, -0.15) is 0 Å². The topological polar surface area (TPSA) is 66.5 Å². The predicted octanol–water partition coefficient (Wildman–Crippen LogP) is 3.79. The lowest BCUT2D eigenvalue weighted by molar-refractivity contribution is 0.0793. The first-order valence-electron chi connectivity index (χ1n) is 8.05. The van der Waals surface area contributed by atoms with Crippen LogP contribution in [0.2, 0.25) is 0 Å². The summed E-state index contributed by atoms with van der Waals surface area (Å²) >= 11 is 3.30. The Kier molecular flexibility index (Phi) is 5.15. The van der Waals surface area contributed by atoms with Crippen LogP contribution in [0.1, 0.15) is 28.8 Å². The standard InChI is InChI=1S/C18H19BrN2O3S/c1-13-4-7-15(19)12-17(13)25(23,24)20-16-8-5-14(6-9-16)18(22)21-10-2-3-11-21/h4-9,12,20H,2-3,10-11H2,1H3. The maximum Gasteiger partial charge on any atom is 0.262 e. The van der Waals surface area contributed by atoms with E-state index in [1.54, 1.807) is 49.4 Å². The van der Waals surface area contributed by atoms with E-state index in [4.69, 9.17) is 0 Å². The van der Waals surface area contributed by atoms with Crippen molar-refractivity contribution in [2.24, 2.45) is 0 Å². The van der Waals surface area contributed by atoms with Gasteiger partial charge in [-0.25, -0.2) is 8.42 Å². The highest BCUT2D eigenvalue weighted by atomic mass is 79.9. The van der Waals surface area contributed by atoms with Gasteiger partial charge in [0, 0.05) is 28.8 Å². The van der Waals surface area contributed by atoms with E-state index >= 15 is 0 Å². The lowest BCUT2D eigenvalue weighted by Crippen LogP contribution is -2.27. The number of aryl methyl sites for hydroxylation is 1. The van der Waals surface area contributed by atoms with Crippen LogP contribution in [0.25, 0.3) is 0 Å². The van der Waals surface area contributed by atoms with Crippen molar-refractivity contribution in [3.05, 3.63) is 58.1 Å². The second-order valence-corrected chi connectivity index (χ2v) is 8.66. The minimum atomic E-state index is -3.69. The summed E-state index contributed by atoms with van der Waals surface area (Å²) in [7, 11) is -3.69. The highest BCUT2D eigenvalue weighted by molar-refractivity contribution is 9.10. The molecule has 0 saturated carbocycles.